The van der Waals surface area contributed by atoms with Crippen LogP contribution in [0.3, 0.4) is 0 Å². The highest BCUT2D eigenvalue weighted by Gasteiger charge is 2.44. The van der Waals surface area contributed by atoms with Gasteiger partial charge in [-0.15, -0.1) is 0 Å². The predicted octanol–water partition coefficient (Wildman–Crippen LogP) is 1.42. The van der Waals surface area contributed by atoms with Gasteiger partial charge in [-0.1, -0.05) is 36.6 Å². The van der Waals surface area contributed by atoms with E-state index in [9.17, 15) is 14.7 Å². The zero-order valence-corrected chi connectivity index (χ0v) is 21.3. The monoisotopic (exact) mass is 494 g/mol. The van der Waals surface area contributed by atoms with Crippen molar-refractivity contribution in [2.45, 2.75) is 19.9 Å². The number of nitrogens with zero attached hydrogens (tertiary/aromatic N) is 1. The smallest absolute Gasteiger partial charge is 0.295 e. The first-order valence-corrected chi connectivity index (χ1v) is 12.1. The first kappa shape index (κ1) is 26.8. The van der Waals surface area contributed by atoms with Gasteiger partial charge in [-0.2, -0.15) is 0 Å². The molecule has 1 aliphatic heterocycles. The van der Waals surface area contributed by atoms with Gasteiger partial charge in [0.1, 0.15) is 12.4 Å². The molecule has 1 heterocycles. The summed E-state index contributed by atoms with van der Waals surface area (Å²) in [5.41, 5.74) is 0.844. The van der Waals surface area contributed by atoms with E-state index in [0.29, 0.717) is 48.1 Å². The summed E-state index contributed by atoms with van der Waals surface area (Å²) in [5.74, 6) is -0.394. The van der Waals surface area contributed by atoms with Gasteiger partial charge in [0, 0.05) is 5.57 Å². The van der Waals surface area contributed by atoms with Crippen LogP contribution in [0.5, 0.6) is 17.2 Å². The van der Waals surface area contributed by atoms with E-state index in [-0.39, 0.29) is 5.57 Å². The third kappa shape index (κ3) is 5.54. The number of benzene rings is 2. The number of ether oxygens (including phenoxy) is 3. The van der Waals surface area contributed by atoms with Gasteiger partial charge in [-0.25, -0.2) is 0 Å². The fourth-order valence-electron chi connectivity index (χ4n) is 4.37. The van der Waals surface area contributed by atoms with Crippen molar-refractivity contribution in [2.75, 3.05) is 47.0 Å². The van der Waals surface area contributed by atoms with E-state index in [0.717, 1.165) is 13.1 Å². The summed E-state index contributed by atoms with van der Waals surface area (Å²) in [4.78, 5) is 29.2. The Kier molecular flexibility index (Phi) is 9.13. The van der Waals surface area contributed by atoms with Crippen molar-refractivity contribution in [1.82, 2.24) is 4.90 Å². The van der Waals surface area contributed by atoms with Gasteiger partial charge in [-0.05, 0) is 49.2 Å². The van der Waals surface area contributed by atoms with E-state index in [2.05, 4.69) is 20.4 Å². The van der Waals surface area contributed by atoms with Crippen molar-refractivity contribution < 1.29 is 33.8 Å². The van der Waals surface area contributed by atoms with Crippen LogP contribution in [-0.4, -0.2) is 63.6 Å². The van der Waals surface area contributed by atoms with Gasteiger partial charge in [0.15, 0.2) is 11.5 Å². The first-order chi connectivity index (χ1) is 17.4. The molecule has 8 heteroatoms. The molecule has 1 fully saturated rings. The van der Waals surface area contributed by atoms with Crippen LogP contribution in [-0.2, 0) is 9.59 Å². The van der Waals surface area contributed by atoms with Gasteiger partial charge in [0.25, 0.3) is 5.91 Å². The zero-order chi connectivity index (χ0) is 26.2. The van der Waals surface area contributed by atoms with Gasteiger partial charge >= 0.3 is 0 Å². The van der Waals surface area contributed by atoms with Crippen molar-refractivity contribution in [2.24, 2.45) is 0 Å². The van der Waals surface area contributed by atoms with Crippen molar-refractivity contribution in [3.63, 3.8) is 0 Å². The number of rotatable bonds is 12. The summed E-state index contributed by atoms with van der Waals surface area (Å²) < 4.78 is 16.3. The molecule has 1 N–H and O–H groups in total. The Morgan fingerprint density at radius 2 is 1.72 bits per heavy atom. The summed E-state index contributed by atoms with van der Waals surface area (Å²) in [6, 6.07) is 10.9. The van der Waals surface area contributed by atoms with Crippen LogP contribution in [0, 0.1) is 0 Å². The molecule has 0 aliphatic carbocycles. The van der Waals surface area contributed by atoms with E-state index < -0.39 is 23.5 Å². The molecule has 1 amide bonds. The van der Waals surface area contributed by atoms with Crippen LogP contribution < -0.4 is 24.2 Å². The van der Waals surface area contributed by atoms with Crippen LogP contribution in [0.1, 0.15) is 31.0 Å². The lowest BCUT2D eigenvalue weighted by Gasteiger charge is -2.29. The Hall–Kier alpha value is -3.78. The first-order valence-electron chi connectivity index (χ1n) is 12.1. The molecule has 1 unspecified atom stereocenters. The topological polar surface area (TPSA) is 92.6 Å². The average molecular weight is 495 g/mol. The largest absolute Gasteiger partial charge is 0.872 e. The lowest BCUT2D eigenvalue weighted by molar-refractivity contribution is -0.895. The van der Waals surface area contributed by atoms with E-state index in [1.54, 1.807) is 48.5 Å². The van der Waals surface area contributed by atoms with Crippen LogP contribution >= 0.6 is 0 Å². The van der Waals surface area contributed by atoms with Crippen LogP contribution in [0.15, 0.2) is 60.7 Å². The molecule has 3 rings (SSSR count). The fourth-order valence-corrected chi connectivity index (χ4v) is 4.37. The number of carbonyl (C=O) groups excluding carboxylic acids is 2. The highest BCUT2D eigenvalue weighted by atomic mass is 16.5. The summed E-state index contributed by atoms with van der Waals surface area (Å²) in [6.45, 7) is 10.9. The number of hydrogen-bond donors (Lipinski definition) is 1. The minimum absolute atomic E-state index is 0.0680. The molecule has 1 atom stereocenters. The van der Waals surface area contributed by atoms with Crippen LogP contribution in [0.2, 0.25) is 0 Å². The lowest BCUT2D eigenvalue weighted by Crippen LogP contribution is -3.12. The number of likely N-dealkylation sites (tertiary alicyclic amines) is 1. The number of amides is 1. The third-order valence-electron chi connectivity index (χ3n) is 6.44. The number of quaternary nitrogens is 1. The Balaban J connectivity index is 2.10. The van der Waals surface area contributed by atoms with E-state index in [1.165, 1.54) is 24.0 Å². The number of ketones is 1. The second-order valence-electron chi connectivity index (χ2n) is 8.42. The maximum absolute atomic E-state index is 13.6. The number of methoxy groups -OCH3 is 2. The lowest BCUT2D eigenvalue weighted by atomic mass is 9.95. The maximum atomic E-state index is 13.6. The maximum Gasteiger partial charge on any atom is 0.295 e. The minimum Gasteiger partial charge on any atom is -0.872 e. The Morgan fingerprint density at radius 3 is 2.31 bits per heavy atom. The molecule has 0 bridgehead atoms. The van der Waals surface area contributed by atoms with Crippen molar-refractivity contribution in [3.8, 4) is 17.2 Å². The number of hydrogen-bond acceptors (Lipinski definition) is 6. The third-order valence-corrected chi connectivity index (χ3v) is 6.44. The number of Topliss-reactive ketones (excluding diaryl/α,β-unsaturated/α-hetero) is 1. The number of likely N-dealkylation sites (N-methyl/N-ethyl adjacent to an activating group) is 1. The number of carbonyl (C=O) groups is 2. The minimum atomic E-state index is -0.830. The Labute approximate surface area is 212 Å². The second kappa shape index (κ2) is 12.3. The molecule has 2 aromatic carbocycles. The van der Waals surface area contributed by atoms with E-state index in [4.69, 9.17) is 14.2 Å². The molecule has 192 valence electrons. The standard InChI is InChI=1S/C28H34N2O6/c1-6-17-36-21-12-9-19(10-13-21)26(31)24-25(20-11-14-22(34-4)23(18-20)35-5)30(28(33)27(24)32)16-15-29(7-2)8-3/h6,9-14,18,25,31H,1,7-8,15-17H2,2-5H3. The Morgan fingerprint density at radius 1 is 1.06 bits per heavy atom. The molecule has 0 radical (unpaired) electrons. The van der Waals surface area contributed by atoms with E-state index >= 15 is 0 Å². The highest BCUT2D eigenvalue weighted by molar-refractivity contribution is 6.46. The van der Waals surface area contributed by atoms with Crippen molar-refractivity contribution in [3.05, 3.63) is 71.8 Å². The van der Waals surface area contributed by atoms with Gasteiger partial charge in [0.2, 0.25) is 5.78 Å². The quantitative estimate of drug-likeness (QED) is 0.208. The molecule has 0 aromatic heterocycles. The Bertz CT molecular complexity index is 1120. The fraction of sp³-hybridized carbons (Fsp3) is 0.357. The van der Waals surface area contributed by atoms with Crippen molar-refractivity contribution in [1.29, 1.82) is 0 Å². The predicted molar refractivity (Wildman–Crippen MR) is 135 cm³/mol. The molecule has 1 aliphatic rings. The van der Waals surface area contributed by atoms with Gasteiger partial charge in [-0.3, -0.25) is 9.59 Å². The molecular formula is C28H34N2O6. The van der Waals surface area contributed by atoms with E-state index in [1.807, 2.05) is 0 Å². The normalized spacial score (nSPS) is 16.9. The summed E-state index contributed by atoms with van der Waals surface area (Å²) in [5, 5.41) is 13.6. The zero-order valence-electron chi connectivity index (χ0n) is 21.3. The molecule has 8 nitrogen and oxygen atoms in total. The summed E-state index contributed by atoms with van der Waals surface area (Å²) >= 11 is 0. The van der Waals surface area contributed by atoms with Crippen molar-refractivity contribution >= 4 is 17.4 Å². The molecule has 0 saturated carbocycles. The molecule has 0 spiro atoms. The molecule has 1 saturated heterocycles. The second-order valence-corrected chi connectivity index (χ2v) is 8.42. The highest BCUT2D eigenvalue weighted by Crippen LogP contribution is 2.41. The molecule has 36 heavy (non-hydrogen) atoms. The van der Waals surface area contributed by atoms with Gasteiger partial charge in [0.05, 0.1) is 46.4 Å². The van der Waals surface area contributed by atoms with Crippen LogP contribution in [0.4, 0.5) is 0 Å². The molecule has 2 aromatic rings. The number of nitrogens with one attached hydrogen (secondary N) is 1. The SMILES string of the molecule is C=CCOc1ccc(C([O-])=C2C(=O)C(=O)N(CC[NH+](CC)CC)C2c2ccc(OC)c(OC)c2)cc1. The summed E-state index contributed by atoms with van der Waals surface area (Å²) in [6.07, 6.45) is 1.62. The van der Waals surface area contributed by atoms with Gasteiger partial charge < -0.3 is 29.1 Å². The average Bonchev–Trinajstić information content (AvgIpc) is 3.16. The summed E-state index contributed by atoms with van der Waals surface area (Å²) in [7, 11) is 3.04. The van der Waals surface area contributed by atoms with Crippen LogP contribution in [0.25, 0.3) is 5.76 Å². The molecular weight excluding hydrogens is 460 g/mol.